The van der Waals surface area contributed by atoms with E-state index in [2.05, 4.69) is 11.1 Å². The number of hydrogen-bond acceptors (Lipinski definition) is 3. The van der Waals surface area contributed by atoms with Gasteiger partial charge in [-0.2, -0.15) is 0 Å². The Morgan fingerprint density at radius 2 is 2.00 bits per heavy atom. The number of benzene rings is 1. The van der Waals surface area contributed by atoms with Crippen LogP contribution in [0.3, 0.4) is 0 Å². The fourth-order valence-corrected chi connectivity index (χ4v) is 2.97. The van der Waals surface area contributed by atoms with E-state index < -0.39 is 0 Å². The molecule has 1 aromatic heterocycles. The van der Waals surface area contributed by atoms with Gasteiger partial charge in [0.15, 0.2) is 7.05 Å². The molecule has 2 rings (SSSR count). The Hall–Kier alpha value is -1.39. The van der Waals surface area contributed by atoms with Crippen LogP contribution < -0.4 is 0 Å². The smallest absolute Gasteiger partial charge is 0.241 e. The van der Waals surface area contributed by atoms with E-state index in [1.165, 1.54) is 18.8 Å². The molecule has 0 aliphatic carbocycles. The molecule has 104 valence electrons. The predicted molar refractivity (Wildman–Crippen MR) is 84.4 cm³/mol. The lowest BCUT2D eigenvalue weighted by Crippen LogP contribution is -2.00. The molecule has 1 aromatic carbocycles. The summed E-state index contributed by atoms with van der Waals surface area (Å²) in [5.74, 6) is 0.396. The summed E-state index contributed by atoms with van der Waals surface area (Å²) in [5, 5.41) is 0.696. The van der Waals surface area contributed by atoms with Crippen molar-refractivity contribution in [3.8, 4) is 11.3 Å². The lowest BCUT2D eigenvalue weighted by Gasteiger charge is -2.11. The van der Waals surface area contributed by atoms with Gasteiger partial charge in [0.25, 0.3) is 0 Å². The standard InChI is InChI=1S/C15H16ClN2OS/c1-10-8-14(20-9-18(3)19)11(2)17-15(10)12-6-4-5-7-13(12)16/h4-8H,9H2,1-3H3/q+1. The Labute approximate surface area is 127 Å². The summed E-state index contributed by atoms with van der Waals surface area (Å²) in [7, 11) is 1.51. The zero-order valence-electron chi connectivity index (χ0n) is 11.7. The minimum absolute atomic E-state index is 0.396. The van der Waals surface area contributed by atoms with Gasteiger partial charge in [-0.1, -0.05) is 29.8 Å². The van der Waals surface area contributed by atoms with Crippen molar-refractivity contribution in [2.45, 2.75) is 18.7 Å². The van der Waals surface area contributed by atoms with Crippen LogP contribution in [0.5, 0.6) is 0 Å². The van der Waals surface area contributed by atoms with E-state index in [0.29, 0.717) is 10.9 Å². The molecule has 0 aliphatic heterocycles. The van der Waals surface area contributed by atoms with Crippen LogP contribution in [-0.2, 0) is 0 Å². The van der Waals surface area contributed by atoms with Gasteiger partial charge in [-0.25, -0.2) is 0 Å². The average molecular weight is 308 g/mol. The summed E-state index contributed by atoms with van der Waals surface area (Å²) in [6.45, 7) is 3.96. The Balaban J connectivity index is 2.41. The summed E-state index contributed by atoms with van der Waals surface area (Å²) >= 11 is 7.73. The van der Waals surface area contributed by atoms with E-state index in [-0.39, 0.29) is 0 Å². The number of aryl methyl sites for hydroxylation is 2. The first-order chi connectivity index (χ1) is 9.49. The first kappa shape index (κ1) is 15.0. The number of nitroso groups, excluding NO2 is 1. The second kappa shape index (κ2) is 6.37. The number of hydrogen-bond donors (Lipinski definition) is 0. The fourth-order valence-electron chi connectivity index (χ4n) is 1.91. The molecule has 0 radical (unpaired) electrons. The number of nitrogens with zero attached hydrogens (tertiary/aromatic N) is 2. The normalized spacial score (nSPS) is 10.6. The van der Waals surface area contributed by atoms with Crippen LogP contribution in [-0.4, -0.2) is 22.7 Å². The van der Waals surface area contributed by atoms with Crippen molar-refractivity contribution < 1.29 is 4.76 Å². The summed E-state index contributed by atoms with van der Waals surface area (Å²) in [6, 6.07) is 9.75. The van der Waals surface area contributed by atoms with E-state index in [0.717, 1.165) is 32.2 Å². The second-order valence-corrected chi connectivity index (χ2v) is 6.01. The molecule has 5 heteroatoms. The van der Waals surface area contributed by atoms with Gasteiger partial charge in [-0.15, -0.1) is 0 Å². The summed E-state index contributed by atoms with van der Waals surface area (Å²) in [4.78, 5) is 16.7. The third kappa shape index (κ3) is 3.38. The molecule has 0 aliphatic rings. The molecular formula is C15H16ClN2OS+. The topological polar surface area (TPSA) is 33.0 Å². The lowest BCUT2D eigenvalue weighted by molar-refractivity contribution is -0.497. The first-order valence-corrected chi connectivity index (χ1v) is 7.59. The molecule has 0 spiro atoms. The van der Waals surface area contributed by atoms with Gasteiger partial charge >= 0.3 is 0 Å². The quantitative estimate of drug-likeness (QED) is 0.474. The van der Waals surface area contributed by atoms with Crippen LogP contribution in [0.25, 0.3) is 11.3 Å². The van der Waals surface area contributed by atoms with Crippen LogP contribution in [0.2, 0.25) is 5.02 Å². The Morgan fingerprint density at radius 1 is 1.30 bits per heavy atom. The van der Waals surface area contributed by atoms with Crippen LogP contribution >= 0.6 is 23.4 Å². The number of rotatable bonds is 4. The molecule has 1 heterocycles. The lowest BCUT2D eigenvalue weighted by atomic mass is 10.1. The molecule has 0 atom stereocenters. The molecule has 0 fully saturated rings. The van der Waals surface area contributed by atoms with Crippen molar-refractivity contribution in [1.29, 1.82) is 0 Å². The molecule has 0 N–H and O–H groups in total. The zero-order valence-corrected chi connectivity index (χ0v) is 13.3. The summed E-state index contributed by atoms with van der Waals surface area (Å²) in [6.07, 6.45) is 0. The van der Waals surface area contributed by atoms with E-state index in [4.69, 9.17) is 11.6 Å². The molecule has 0 saturated carbocycles. The number of aromatic nitrogens is 1. The van der Waals surface area contributed by atoms with Crippen LogP contribution in [0.4, 0.5) is 0 Å². The highest BCUT2D eigenvalue weighted by atomic mass is 35.5. The van der Waals surface area contributed by atoms with E-state index in [1.807, 2.05) is 38.1 Å². The number of pyridine rings is 1. The van der Waals surface area contributed by atoms with Crippen molar-refractivity contribution in [3.05, 3.63) is 51.5 Å². The summed E-state index contributed by atoms with van der Waals surface area (Å²) in [5.41, 5.74) is 3.80. The highest BCUT2D eigenvalue weighted by Crippen LogP contribution is 2.32. The molecule has 20 heavy (non-hydrogen) atoms. The largest absolute Gasteiger partial charge is 0.252 e. The van der Waals surface area contributed by atoms with Gasteiger partial charge in [0, 0.05) is 25.1 Å². The molecule has 0 amide bonds. The fraction of sp³-hybridized carbons (Fsp3) is 0.267. The van der Waals surface area contributed by atoms with Gasteiger partial charge in [0.1, 0.15) is 0 Å². The van der Waals surface area contributed by atoms with Gasteiger partial charge in [0.05, 0.1) is 11.4 Å². The third-order valence-electron chi connectivity index (χ3n) is 2.89. The molecular weight excluding hydrogens is 292 g/mol. The van der Waals surface area contributed by atoms with Gasteiger partial charge < -0.3 is 0 Å². The maximum absolute atomic E-state index is 11.0. The first-order valence-electron chi connectivity index (χ1n) is 6.23. The highest BCUT2D eigenvalue weighted by molar-refractivity contribution is 7.99. The number of halogens is 1. The minimum atomic E-state index is 0.396. The minimum Gasteiger partial charge on any atom is -0.252 e. The van der Waals surface area contributed by atoms with Gasteiger partial charge in [0.2, 0.25) is 5.88 Å². The van der Waals surface area contributed by atoms with E-state index >= 15 is 0 Å². The molecule has 0 saturated heterocycles. The van der Waals surface area contributed by atoms with Crippen LogP contribution in [0.15, 0.2) is 35.2 Å². The van der Waals surface area contributed by atoms with Gasteiger partial charge in [-0.3, -0.25) is 4.98 Å². The van der Waals surface area contributed by atoms with E-state index in [1.54, 1.807) is 0 Å². The second-order valence-electron chi connectivity index (χ2n) is 4.62. The van der Waals surface area contributed by atoms with Crippen LogP contribution in [0, 0.1) is 18.8 Å². The van der Waals surface area contributed by atoms with Crippen molar-refractivity contribution >= 4 is 23.4 Å². The van der Waals surface area contributed by atoms with E-state index in [9.17, 15) is 4.91 Å². The van der Waals surface area contributed by atoms with Crippen molar-refractivity contribution in [2.75, 3.05) is 12.9 Å². The Kier molecular flexibility index (Phi) is 4.78. The molecule has 3 nitrogen and oxygen atoms in total. The highest BCUT2D eigenvalue weighted by Gasteiger charge is 2.12. The predicted octanol–water partition coefficient (Wildman–Crippen LogP) is 4.48. The molecule has 0 bridgehead atoms. The maximum atomic E-state index is 11.0. The van der Waals surface area contributed by atoms with Crippen molar-refractivity contribution in [1.82, 2.24) is 4.98 Å². The zero-order chi connectivity index (χ0) is 14.7. The number of thioether (sulfide) groups is 1. The van der Waals surface area contributed by atoms with Gasteiger partial charge in [-0.05, 0) is 43.3 Å². The van der Waals surface area contributed by atoms with Crippen LogP contribution in [0.1, 0.15) is 11.3 Å². The monoisotopic (exact) mass is 307 g/mol. The van der Waals surface area contributed by atoms with Crippen molar-refractivity contribution in [2.24, 2.45) is 0 Å². The third-order valence-corrected chi connectivity index (χ3v) is 4.43. The Morgan fingerprint density at radius 3 is 2.65 bits per heavy atom. The van der Waals surface area contributed by atoms with Crippen molar-refractivity contribution in [3.63, 3.8) is 0 Å². The SMILES string of the molecule is Cc1cc(SC[N+](C)=O)c(C)nc1-c1ccccc1Cl. The maximum Gasteiger partial charge on any atom is 0.241 e. The Bertz CT molecular complexity index is 658. The molecule has 0 unspecified atom stereocenters. The average Bonchev–Trinajstić information content (AvgIpc) is 2.40. The summed E-state index contributed by atoms with van der Waals surface area (Å²) < 4.78 is 0.904. The molecule has 2 aromatic rings.